The average Bonchev–Trinajstić information content (AvgIpc) is 2.79. The van der Waals surface area contributed by atoms with Crippen molar-refractivity contribution in [2.24, 2.45) is 0 Å². The zero-order valence-electron chi connectivity index (χ0n) is 10.2. The van der Waals surface area contributed by atoms with E-state index in [1.807, 2.05) is 24.3 Å². The molecule has 2 nitrogen and oxygen atoms in total. The first kappa shape index (κ1) is 11.7. The van der Waals surface area contributed by atoms with Gasteiger partial charge in [-0.3, -0.25) is 4.79 Å². The highest BCUT2D eigenvalue weighted by Gasteiger charge is 2.10. The average molecular weight is 253 g/mol. The van der Waals surface area contributed by atoms with Crippen molar-refractivity contribution in [2.75, 3.05) is 0 Å². The zero-order valence-corrected chi connectivity index (χ0v) is 10.2. The topological polar surface area (TPSA) is 32.9 Å². The van der Waals surface area contributed by atoms with E-state index >= 15 is 0 Å². The molecule has 0 bridgehead atoms. The number of fused-ring (bicyclic) bond motifs is 1. The van der Waals surface area contributed by atoms with Crippen LogP contribution in [0.5, 0.6) is 0 Å². The summed E-state index contributed by atoms with van der Waals surface area (Å²) in [5.41, 5.74) is 3.47. The van der Waals surface area contributed by atoms with E-state index in [1.54, 1.807) is 12.1 Å². The van der Waals surface area contributed by atoms with Gasteiger partial charge in [0.25, 0.3) is 0 Å². The van der Waals surface area contributed by atoms with E-state index in [0.29, 0.717) is 12.1 Å². The molecule has 3 heteroatoms. The molecular formula is C16H12FNO. The lowest BCUT2D eigenvalue weighted by Gasteiger charge is -2.02. The Kier molecular flexibility index (Phi) is 2.88. The van der Waals surface area contributed by atoms with Gasteiger partial charge in [-0.1, -0.05) is 30.3 Å². The van der Waals surface area contributed by atoms with Crippen LogP contribution >= 0.6 is 0 Å². The van der Waals surface area contributed by atoms with Gasteiger partial charge in [0, 0.05) is 17.3 Å². The second-order valence-electron chi connectivity index (χ2n) is 4.48. The number of halogens is 1. The van der Waals surface area contributed by atoms with Gasteiger partial charge in [-0.25, -0.2) is 4.39 Å². The molecule has 94 valence electrons. The number of rotatable bonds is 3. The maximum atomic E-state index is 12.9. The minimum Gasteiger partial charge on any atom is -0.352 e. The molecule has 0 saturated heterocycles. The Labute approximate surface area is 109 Å². The molecule has 1 heterocycles. The molecule has 0 fully saturated rings. The summed E-state index contributed by atoms with van der Waals surface area (Å²) >= 11 is 0. The molecule has 0 aliphatic heterocycles. The Morgan fingerprint density at radius 3 is 2.53 bits per heavy atom. The SMILES string of the molecule is O=Cc1[nH]c2ccccc2c1Cc1ccc(F)cc1. The molecule has 0 saturated carbocycles. The first-order chi connectivity index (χ1) is 9.28. The molecule has 1 aromatic heterocycles. The van der Waals surface area contributed by atoms with Crippen LogP contribution in [0, 0.1) is 5.82 Å². The summed E-state index contributed by atoms with van der Waals surface area (Å²) in [5, 5.41) is 1.04. The van der Waals surface area contributed by atoms with Gasteiger partial charge in [0.15, 0.2) is 6.29 Å². The van der Waals surface area contributed by atoms with Crippen LogP contribution in [0.2, 0.25) is 0 Å². The fraction of sp³-hybridized carbons (Fsp3) is 0.0625. The lowest BCUT2D eigenvalue weighted by atomic mass is 10.0. The summed E-state index contributed by atoms with van der Waals surface area (Å²) < 4.78 is 12.9. The van der Waals surface area contributed by atoms with E-state index < -0.39 is 0 Å². The van der Waals surface area contributed by atoms with Crippen LogP contribution in [0.15, 0.2) is 48.5 Å². The quantitative estimate of drug-likeness (QED) is 0.709. The smallest absolute Gasteiger partial charge is 0.166 e. The zero-order chi connectivity index (χ0) is 13.2. The van der Waals surface area contributed by atoms with E-state index in [0.717, 1.165) is 28.3 Å². The third-order valence-electron chi connectivity index (χ3n) is 3.26. The Hall–Kier alpha value is -2.42. The number of aromatic nitrogens is 1. The summed E-state index contributed by atoms with van der Waals surface area (Å²) in [5.74, 6) is -0.252. The number of H-pyrrole nitrogens is 1. The van der Waals surface area contributed by atoms with Crippen molar-refractivity contribution < 1.29 is 9.18 Å². The summed E-state index contributed by atoms with van der Waals surface area (Å²) in [6, 6.07) is 14.1. The largest absolute Gasteiger partial charge is 0.352 e. The molecule has 19 heavy (non-hydrogen) atoms. The summed E-state index contributed by atoms with van der Waals surface area (Å²) in [7, 11) is 0. The van der Waals surface area contributed by atoms with Crippen LogP contribution in [0.1, 0.15) is 21.6 Å². The predicted molar refractivity (Wildman–Crippen MR) is 72.9 cm³/mol. The molecule has 0 atom stereocenters. The normalized spacial score (nSPS) is 10.8. The van der Waals surface area contributed by atoms with Crippen molar-refractivity contribution in [1.82, 2.24) is 4.98 Å². The standard InChI is InChI=1S/C16H12FNO/c17-12-7-5-11(6-8-12)9-14-13-3-1-2-4-15(13)18-16(14)10-19/h1-8,10,18H,9H2. The number of aldehydes is 1. The molecule has 0 amide bonds. The Bertz CT molecular complexity index is 728. The molecule has 2 aromatic carbocycles. The van der Waals surface area contributed by atoms with Crippen LogP contribution in [0.25, 0.3) is 10.9 Å². The van der Waals surface area contributed by atoms with Crippen molar-refractivity contribution in [2.45, 2.75) is 6.42 Å². The fourth-order valence-electron chi connectivity index (χ4n) is 2.32. The maximum absolute atomic E-state index is 12.9. The molecule has 3 rings (SSSR count). The van der Waals surface area contributed by atoms with Gasteiger partial charge in [0.1, 0.15) is 5.82 Å². The summed E-state index contributed by atoms with van der Waals surface area (Å²) in [4.78, 5) is 14.3. The van der Waals surface area contributed by atoms with Crippen molar-refractivity contribution in [3.05, 3.63) is 71.2 Å². The van der Waals surface area contributed by atoms with Gasteiger partial charge in [-0.05, 0) is 29.3 Å². The molecular weight excluding hydrogens is 241 g/mol. The van der Waals surface area contributed by atoms with Crippen molar-refractivity contribution in [3.8, 4) is 0 Å². The number of benzene rings is 2. The van der Waals surface area contributed by atoms with E-state index in [1.165, 1.54) is 12.1 Å². The predicted octanol–water partition coefficient (Wildman–Crippen LogP) is 3.71. The molecule has 3 aromatic rings. The minimum atomic E-state index is -0.252. The molecule has 1 N–H and O–H groups in total. The van der Waals surface area contributed by atoms with E-state index in [2.05, 4.69) is 4.98 Å². The number of hydrogen-bond acceptors (Lipinski definition) is 1. The third kappa shape index (κ3) is 2.15. The summed E-state index contributed by atoms with van der Waals surface area (Å²) in [6.45, 7) is 0. The van der Waals surface area contributed by atoms with Crippen molar-refractivity contribution in [1.29, 1.82) is 0 Å². The van der Waals surface area contributed by atoms with Gasteiger partial charge >= 0.3 is 0 Å². The minimum absolute atomic E-state index is 0.252. The van der Waals surface area contributed by atoms with Crippen molar-refractivity contribution >= 4 is 17.2 Å². The van der Waals surface area contributed by atoms with Crippen molar-refractivity contribution in [3.63, 3.8) is 0 Å². The van der Waals surface area contributed by atoms with Crippen LogP contribution in [-0.2, 0) is 6.42 Å². The van der Waals surface area contributed by atoms with Crippen LogP contribution in [-0.4, -0.2) is 11.3 Å². The van der Waals surface area contributed by atoms with E-state index in [4.69, 9.17) is 0 Å². The monoisotopic (exact) mass is 253 g/mol. The van der Waals surface area contributed by atoms with Gasteiger partial charge in [-0.2, -0.15) is 0 Å². The van der Waals surface area contributed by atoms with E-state index in [9.17, 15) is 9.18 Å². The third-order valence-corrected chi connectivity index (χ3v) is 3.26. The van der Waals surface area contributed by atoms with Crippen LogP contribution in [0.4, 0.5) is 4.39 Å². The summed E-state index contributed by atoms with van der Waals surface area (Å²) in [6.07, 6.45) is 1.44. The molecule has 0 aliphatic rings. The molecule has 0 unspecified atom stereocenters. The Morgan fingerprint density at radius 1 is 1.05 bits per heavy atom. The van der Waals surface area contributed by atoms with Gasteiger partial charge < -0.3 is 4.98 Å². The van der Waals surface area contributed by atoms with E-state index in [-0.39, 0.29) is 5.82 Å². The first-order valence-electron chi connectivity index (χ1n) is 6.07. The highest BCUT2D eigenvalue weighted by molar-refractivity contribution is 5.92. The number of carbonyl (C=O) groups excluding carboxylic acids is 1. The fourth-order valence-corrected chi connectivity index (χ4v) is 2.32. The lowest BCUT2D eigenvalue weighted by molar-refractivity contribution is 0.111. The van der Waals surface area contributed by atoms with Crippen LogP contribution in [0.3, 0.4) is 0 Å². The molecule has 0 spiro atoms. The molecule has 0 aliphatic carbocycles. The Balaban J connectivity index is 2.08. The first-order valence-corrected chi connectivity index (χ1v) is 6.07. The number of para-hydroxylation sites is 1. The van der Waals surface area contributed by atoms with Gasteiger partial charge in [0.05, 0.1) is 5.69 Å². The van der Waals surface area contributed by atoms with Gasteiger partial charge in [0.2, 0.25) is 0 Å². The van der Waals surface area contributed by atoms with Gasteiger partial charge in [-0.15, -0.1) is 0 Å². The number of hydrogen-bond donors (Lipinski definition) is 1. The molecule has 0 radical (unpaired) electrons. The highest BCUT2D eigenvalue weighted by atomic mass is 19.1. The second kappa shape index (κ2) is 4.69. The lowest BCUT2D eigenvalue weighted by Crippen LogP contribution is -1.92. The maximum Gasteiger partial charge on any atom is 0.166 e. The Morgan fingerprint density at radius 2 is 1.79 bits per heavy atom. The second-order valence-corrected chi connectivity index (χ2v) is 4.48. The number of nitrogens with one attached hydrogen (secondary N) is 1. The van der Waals surface area contributed by atoms with Crippen LogP contribution < -0.4 is 0 Å². The highest BCUT2D eigenvalue weighted by Crippen LogP contribution is 2.24. The number of carbonyl (C=O) groups is 1. The number of aromatic amines is 1.